The fraction of sp³-hybridized carbons (Fsp3) is 0.429. The molecule has 0 atom stereocenters. The van der Waals surface area contributed by atoms with Crippen molar-refractivity contribution in [3.05, 3.63) is 23.8 Å². The van der Waals surface area contributed by atoms with Crippen molar-refractivity contribution in [2.75, 3.05) is 4.43 Å². The van der Waals surface area contributed by atoms with Crippen LogP contribution >= 0.6 is 22.6 Å². The fourth-order valence-electron chi connectivity index (χ4n) is 0.767. The molecule has 0 saturated heterocycles. The molecule has 8 heavy (non-hydrogen) atoms. The standard InChI is InChI=1S/C7H9I/c8-6-7-4-2-1-3-5-7/h2,4-5H,1,3,6H2. The van der Waals surface area contributed by atoms with Crippen molar-refractivity contribution in [2.24, 2.45) is 0 Å². The van der Waals surface area contributed by atoms with Gasteiger partial charge in [-0.3, -0.25) is 0 Å². The van der Waals surface area contributed by atoms with E-state index in [4.69, 9.17) is 0 Å². The fourth-order valence-corrected chi connectivity index (χ4v) is 1.33. The third kappa shape index (κ3) is 1.62. The first-order valence-corrected chi connectivity index (χ1v) is 4.37. The predicted molar refractivity (Wildman–Crippen MR) is 45.3 cm³/mol. The van der Waals surface area contributed by atoms with Crippen molar-refractivity contribution in [2.45, 2.75) is 12.8 Å². The van der Waals surface area contributed by atoms with E-state index in [1.165, 1.54) is 18.4 Å². The maximum absolute atomic E-state index is 2.39. The first kappa shape index (κ1) is 6.33. The lowest BCUT2D eigenvalue weighted by molar-refractivity contribution is 1.02. The van der Waals surface area contributed by atoms with Gasteiger partial charge in [-0.15, -0.1) is 0 Å². The normalized spacial score (nSPS) is 18.4. The summed E-state index contributed by atoms with van der Waals surface area (Å²) < 4.78 is 1.16. The minimum atomic E-state index is 1.16. The molecule has 0 nitrogen and oxygen atoms in total. The van der Waals surface area contributed by atoms with Crippen LogP contribution in [-0.2, 0) is 0 Å². The highest BCUT2D eigenvalue weighted by atomic mass is 127. The van der Waals surface area contributed by atoms with Crippen LogP contribution in [0.3, 0.4) is 0 Å². The van der Waals surface area contributed by atoms with Crippen LogP contribution in [0.15, 0.2) is 23.8 Å². The molecule has 1 rings (SSSR count). The van der Waals surface area contributed by atoms with E-state index < -0.39 is 0 Å². The summed E-state index contributed by atoms with van der Waals surface area (Å²) in [4.78, 5) is 0. The van der Waals surface area contributed by atoms with E-state index >= 15 is 0 Å². The summed E-state index contributed by atoms with van der Waals surface area (Å²) in [6.07, 6.45) is 9.26. The van der Waals surface area contributed by atoms with Crippen LogP contribution < -0.4 is 0 Å². The van der Waals surface area contributed by atoms with E-state index in [2.05, 4.69) is 40.8 Å². The van der Waals surface area contributed by atoms with Crippen molar-refractivity contribution in [3.8, 4) is 0 Å². The van der Waals surface area contributed by atoms with E-state index in [1.807, 2.05) is 0 Å². The average molecular weight is 220 g/mol. The minimum Gasteiger partial charge on any atom is -0.0839 e. The van der Waals surface area contributed by atoms with Gasteiger partial charge in [-0.05, 0) is 18.4 Å². The van der Waals surface area contributed by atoms with Gasteiger partial charge in [-0.2, -0.15) is 0 Å². The highest BCUT2D eigenvalue weighted by Crippen LogP contribution is 2.10. The molecule has 0 aromatic rings. The number of hydrogen-bond acceptors (Lipinski definition) is 0. The Bertz CT molecular complexity index is 122. The molecule has 0 fully saturated rings. The molecule has 0 saturated carbocycles. The molecule has 0 bridgehead atoms. The Balaban J connectivity index is 2.51. The van der Waals surface area contributed by atoms with Gasteiger partial charge in [0.05, 0.1) is 0 Å². The monoisotopic (exact) mass is 220 g/mol. The van der Waals surface area contributed by atoms with Crippen molar-refractivity contribution in [3.63, 3.8) is 0 Å². The second kappa shape index (κ2) is 3.28. The van der Waals surface area contributed by atoms with Gasteiger partial charge in [-0.25, -0.2) is 0 Å². The third-order valence-electron chi connectivity index (χ3n) is 1.23. The summed E-state index contributed by atoms with van der Waals surface area (Å²) in [6.45, 7) is 0. The van der Waals surface area contributed by atoms with Crippen LogP contribution in [0.2, 0.25) is 0 Å². The van der Waals surface area contributed by atoms with Crippen LogP contribution in [-0.4, -0.2) is 4.43 Å². The number of rotatable bonds is 1. The van der Waals surface area contributed by atoms with Gasteiger partial charge < -0.3 is 0 Å². The minimum absolute atomic E-state index is 1.16. The number of alkyl halides is 1. The van der Waals surface area contributed by atoms with Crippen LogP contribution in [0, 0.1) is 0 Å². The molecule has 44 valence electrons. The lowest BCUT2D eigenvalue weighted by Gasteiger charge is -2.00. The van der Waals surface area contributed by atoms with Crippen molar-refractivity contribution in [1.82, 2.24) is 0 Å². The largest absolute Gasteiger partial charge is 0.0839 e. The predicted octanol–water partition coefficient (Wildman–Crippen LogP) is 2.70. The molecule has 1 aliphatic rings. The zero-order valence-electron chi connectivity index (χ0n) is 4.73. The van der Waals surface area contributed by atoms with Gasteiger partial charge in [-0.1, -0.05) is 40.8 Å². The molecule has 1 aliphatic carbocycles. The molecule has 0 aromatic carbocycles. The Labute approximate surface area is 63.8 Å². The molecule has 1 heteroatoms. The van der Waals surface area contributed by atoms with Crippen molar-refractivity contribution in [1.29, 1.82) is 0 Å². The summed E-state index contributed by atoms with van der Waals surface area (Å²) in [6, 6.07) is 0. The van der Waals surface area contributed by atoms with E-state index in [0.717, 1.165) is 4.43 Å². The molecule has 0 N–H and O–H groups in total. The van der Waals surface area contributed by atoms with E-state index in [0.29, 0.717) is 0 Å². The summed E-state index contributed by atoms with van der Waals surface area (Å²) in [5.41, 5.74) is 1.48. The first-order valence-electron chi connectivity index (χ1n) is 2.85. The molecule has 0 aliphatic heterocycles. The zero-order valence-corrected chi connectivity index (χ0v) is 6.89. The van der Waals surface area contributed by atoms with E-state index in [1.54, 1.807) is 0 Å². The Morgan fingerprint density at radius 3 is 2.75 bits per heavy atom. The molecule has 0 aromatic heterocycles. The summed E-state index contributed by atoms with van der Waals surface area (Å²) >= 11 is 2.39. The average Bonchev–Trinajstić information content (AvgIpc) is 1.90. The maximum Gasteiger partial charge on any atom is 0.0243 e. The quantitative estimate of drug-likeness (QED) is 0.470. The smallest absolute Gasteiger partial charge is 0.0243 e. The lowest BCUT2D eigenvalue weighted by atomic mass is 10.1. The molecule has 0 unspecified atom stereocenters. The van der Waals surface area contributed by atoms with Crippen molar-refractivity contribution >= 4 is 22.6 Å². The molecular weight excluding hydrogens is 211 g/mol. The van der Waals surface area contributed by atoms with Crippen molar-refractivity contribution < 1.29 is 0 Å². The topological polar surface area (TPSA) is 0 Å². The van der Waals surface area contributed by atoms with Gasteiger partial charge in [0, 0.05) is 4.43 Å². The second-order valence-electron chi connectivity index (χ2n) is 1.89. The van der Waals surface area contributed by atoms with Crippen LogP contribution in [0.5, 0.6) is 0 Å². The number of allylic oxidation sites excluding steroid dienone is 4. The third-order valence-corrected chi connectivity index (χ3v) is 2.11. The van der Waals surface area contributed by atoms with Gasteiger partial charge in [0.15, 0.2) is 0 Å². The highest BCUT2D eigenvalue weighted by molar-refractivity contribution is 14.1. The molecule has 0 radical (unpaired) electrons. The van der Waals surface area contributed by atoms with Gasteiger partial charge >= 0.3 is 0 Å². The summed E-state index contributed by atoms with van der Waals surface area (Å²) in [5, 5.41) is 0. The Kier molecular flexibility index (Phi) is 2.59. The van der Waals surface area contributed by atoms with Gasteiger partial charge in [0.1, 0.15) is 0 Å². The number of halogens is 1. The molecular formula is C7H9I. The van der Waals surface area contributed by atoms with Gasteiger partial charge in [0.2, 0.25) is 0 Å². The SMILES string of the molecule is ICC1=CCCC=C1. The van der Waals surface area contributed by atoms with Crippen LogP contribution in [0.25, 0.3) is 0 Å². The Morgan fingerprint density at radius 1 is 1.50 bits per heavy atom. The van der Waals surface area contributed by atoms with E-state index in [9.17, 15) is 0 Å². The maximum atomic E-state index is 2.39. The highest BCUT2D eigenvalue weighted by Gasteiger charge is 1.91. The summed E-state index contributed by atoms with van der Waals surface area (Å²) in [5.74, 6) is 0. The Hall–Kier alpha value is 0.210. The zero-order chi connectivity index (χ0) is 5.82. The molecule has 0 spiro atoms. The van der Waals surface area contributed by atoms with Gasteiger partial charge in [0.25, 0.3) is 0 Å². The molecule has 0 amide bonds. The van der Waals surface area contributed by atoms with Crippen LogP contribution in [0.4, 0.5) is 0 Å². The van der Waals surface area contributed by atoms with E-state index in [-0.39, 0.29) is 0 Å². The number of hydrogen-bond donors (Lipinski definition) is 0. The Morgan fingerprint density at radius 2 is 2.38 bits per heavy atom. The summed E-state index contributed by atoms with van der Waals surface area (Å²) in [7, 11) is 0. The second-order valence-corrected chi connectivity index (χ2v) is 2.66. The van der Waals surface area contributed by atoms with Crippen LogP contribution in [0.1, 0.15) is 12.8 Å². The molecule has 0 heterocycles. The lowest BCUT2D eigenvalue weighted by Crippen LogP contribution is -1.83. The first-order chi connectivity index (χ1) is 3.93.